The van der Waals surface area contributed by atoms with Gasteiger partial charge in [-0.3, -0.25) is 9.36 Å². The first kappa shape index (κ1) is 26.7. The molecule has 0 amide bonds. The van der Waals surface area contributed by atoms with Gasteiger partial charge in [0.25, 0.3) is 5.56 Å². The molecule has 9 heteroatoms. The van der Waals surface area contributed by atoms with Crippen LogP contribution < -0.4 is 24.4 Å². The number of thiazole rings is 1. The fraction of sp³-hybridized carbons (Fsp3) is 0.250. The highest BCUT2D eigenvalue weighted by atomic mass is 127. The largest absolute Gasteiger partial charge is 0.493 e. The van der Waals surface area contributed by atoms with Gasteiger partial charge in [-0.25, -0.2) is 9.79 Å². The van der Waals surface area contributed by atoms with Crippen LogP contribution in [0.5, 0.6) is 11.5 Å². The number of hydrogen-bond acceptors (Lipinski definition) is 7. The van der Waals surface area contributed by atoms with Gasteiger partial charge in [-0.15, -0.1) is 6.42 Å². The van der Waals surface area contributed by atoms with Crippen LogP contribution >= 0.6 is 33.9 Å². The van der Waals surface area contributed by atoms with E-state index in [2.05, 4.69) is 33.5 Å². The number of esters is 1. The molecule has 0 spiro atoms. The van der Waals surface area contributed by atoms with Gasteiger partial charge in [0.15, 0.2) is 16.3 Å². The molecule has 0 saturated heterocycles. The van der Waals surface area contributed by atoms with Crippen molar-refractivity contribution in [2.45, 2.75) is 26.8 Å². The van der Waals surface area contributed by atoms with Crippen molar-refractivity contribution in [3.8, 4) is 23.8 Å². The normalized spacial score (nSPS) is 15.0. The molecule has 1 aliphatic rings. The Hall–Kier alpha value is -3.36. The lowest BCUT2D eigenvalue weighted by Gasteiger charge is -2.24. The van der Waals surface area contributed by atoms with E-state index in [1.54, 1.807) is 31.6 Å². The molecule has 190 valence electrons. The highest BCUT2D eigenvalue weighted by molar-refractivity contribution is 14.1. The van der Waals surface area contributed by atoms with E-state index in [1.807, 2.05) is 43.3 Å². The minimum atomic E-state index is -0.666. The van der Waals surface area contributed by atoms with E-state index in [9.17, 15) is 9.59 Å². The Kier molecular flexibility index (Phi) is 8.19. The van der Waals surface area contributed by atoms with Crippen LogP contribution in [0.1, 0.15) is 36.6 Å². The molecule has 3 aromatic rings. The highest BCUT2D eigenvalue weighted by Gasteiger charge is 2.33. The summed E-state index contributed by atoms with van der Waals surface area (Å²) in [6.07, 6.45) is 7.15. The van der Waals surface area contributed by atoms with Crippen LogP contribution in [0, 0.1) is 22.8 Å². The number of rotatable bonds is 7. The van der Waals surface area contributed by atoms with Crippen LogP contribution in [0.3, 0.4) is 0 Å². The van der Waals surface area contributed by atoms with E-state index in [0.717, 1.165) is 14.7 Å². The zero-order chi connectivity index (χ0) is 26.7. The number of allylic oxidation sites excluding steroid dienone is 1. The lowest BCUT2D eigenvalue weighted by molar-refractivity contribution is -0.139. The molecule has 0 radical (unpaired) electrons. The molecule has 0 fully saturated rings. The predicted molar refractivity (Wildman–Crippen MR) is 152 cm³/mol. The van der Waals surface area contributed by atoms with Crippen LogP contribution in [0.15, 0.2) is 57.5 Å². The van der Waals surface area contributed by atoms with Gasteiger partial charge in [0.1, 0.15) is 6.61 Å². The Morgan fingerprint density at radius 3 is 2.65 bits per heavy atom. The number of carbonyl (C=O) groups is 1. The number of methoxy groups -OCH3 is 1. The second kappa shape index (κ2) is 11.4. The number of ether oxygens (including phenoxy) is 3. The zero-order valence-corrected chi connectivity index (χ0v) is 23.8. The van der Waals surface area contributed by atoms with E-state index in [-0.39, 0.29) is 18.8 Å². The van der Waals surface area contributed by atoms with Gasteiger partial charge in [0, 0.05) is 9.13 Å². The second-order valence-electron chi connectivity index (χ2n) is 8.23. The second-order valence-corrected chi connectivity index (χ2v) is 10.5. The van der Waals surface area contributed by atoms with Crippen LogP contribution in [0.2, 0.25) is 0 Å². The quantitative estimate of drug-likeness (QED) is 0.227. The predicted octanol–water partition coefficient (Wildman–Crippen LogP) is 3.73. The topological polar surface area (TPSA) is 79.1 Å². The molecule has 7 nitrogen and oxygen atoms in total. The summed E-state index contributed by atoms with van der Waals surface area (Å²) in [5.74, 6) is 2.93. The van der Waals surface area contributed by atoms with Gasteiger partial charge in [0.2, 0.25) is 0 Å². The number of aryl methyl sites for hydroxylation is 1. The van der Waals surface area contributed by atoms with Crippen LogP contribution in [-0.2, 0) is 9.53 Å². The molecule has 1 atom stereocenters. The average Bonchev–Trinajstić information content (AvgIpc) is 3.17. The first-order valence-electron chi connectivity index (χ1n) is 11.5. The molecule has 0 N–H and O–H groups in total. The van der Waals surface area contributed by atoms with Crippen molar-refractivity contribution >= 4 is 46.0 Å². The Morgan fingerprint density at radius 2 is 2.00 bits per heavy atom. The third-order valence-corrected chi connectivity index (χ3v) is 7.37. The van der Waals surface area contributed by atoms with E-state index >= 15 is 0 Å². The summed E-state index contributed by atoms with van der Waals surface area (Å²) in [4.78, 5) is 32.0. The van der Waals surface area contributed by atoms with Crippen molar-refractivity contribution in [1.29, 1.82) is 0 Å². The lowest BCUT2D eigenvalue weighted by Crippen LogP contribution is -2.39. The molecule has 4 rings (SSSR count). The first-order chi connectivity index (χ1) is 17.8. The molecule has 1 aliphatic heterocycles. The lowest BCUT2D eigenvalue weighted by atomic mass is 9.95. The van der Waals surface area contributed by atoms with Gasteiger partial charge >= 0.3 is 5.97 Å². The summed E-state index contributed by atoms with van der Waals surface area (Å²) in [5, 5.41) is 0. The molecule has 2 heterocycles. The van der Waals surface area contributed by atoms with Crippen molar-refractivity contribution in [3.63, 3.8) is 0 Å². The average molecular weight is 628 g/mol. The van der Waals surface area contributed by atoms with Crippen molar-refractivity contribution in [3.05, 3.63) is 87.6 Å². The van der Waals surface area contributed by atoms with Crippen LogP contribution in [0.25, 0.3) is 6.08 Å². The van der Waals surface area contributed by atoms with E-state index < -0.39 is 12.0 Å². The van der Waals surface area contributed by atoms with E-state index in [4.69, 9.17) is 20.6 Å². The number of aromatic nitrogens is 1. The molecular formula is C28H25IN2O5S. The van der Waals surface area contributed by atoms with Crippen molar-refractivity contribution < 1.29 is 19.0 Å². The summed E-state index contributed by atoms with van der Waals surface area (Å²) < 4.78 is 19.5. The van der Waals surface area contributed by atoms with Gasteiger partial charge in [0.05, 0.1) is 35.6 Å². The molecule has 0 bridgehead atoms. The molecule has 0 aliphatic carbocycles. The Labute approximate surface area is 232 Å². The van der Waals surface area contributed by atoms with Crippen molar-refractivity contribution in [2.75, 3.05) is 20.3 Å². The molecule has 1 aromatic heterocycles. The van der Waals surface area contributed by atoms with Crippen molar-refractivity contribution in [1.82, 2.24) is 4.57 Å². The minimum absolute atomic E-state index is 0.0502. The van der Waals surface area contributed by atoms with Gasteiger partial charge in [-0.05, 0) is 67.1 Å². The SMILES string of the molecule is C#CCOc1c(/C=c2\sc3n(c2=O)[C@H](c2ccc(C)cc2)C(C(=O)OCC)=C(C)N=3)cc(I)cc1OC. The number of hydrogen-bond donors (Lipinski definition) is 0. The molecular weight excluding hydrogens is 603 g/mol. The number of benzene rings is 2. The maximum atomic E-state index is 13.9. The Bertz CT molecular complexity index is 1610. The molecule has 0 unspecified atom stereocenters. The summed E-state index contributed by atoms with van der Waals surface area (Å²) in [5.41, 5.74) is 3.11. The Morgan fingerprint density at radius 1 is 1.27 bits per heavy atom. The van der Waals surface area contributed by atoms with Gasteiger partial charge in [-0.2, -0.15) is 0 Å². The monoisotopic (exact) mass is 628 g/mol. The summed E-state index contributed by atoms with van der Waals surface area (Å²) in [6.45, 7) is 5.77. The standard InChI is InChI=1S/C28H25IN2O5S/c1-6-12-36-25-19(13-20(29)15-21(25)34-5)14-22-26(32)31-24(18-10-8-16(3)9-11-18)23(27(33)35-7-2)17(4)30-28(31)37-22/h1,8-11,13-15,24H,7,12H2,2-5H3/b22-14-/t24-/m1/s1. The van der Waals surface area contributed by atoms with Crippen molar-refractivity contribution in [2.24, 2.45) is 4.99 Å². The first-order valence-corrected chi connectivity index (χ1v) is 13.4. The van der Waals surface area contributed by atoms with Crippen LogP contribution in [-0.4, -0.2) is 30.9 Å². The Balaban J connectivity index is 1.97. The van der Waals surface area contributed by atoms with E-state index in [1.165, 1.54) is 11.3 Å². The molecule has 2 aromatic carbocycles. The number of halogens is 1. The zero-order valence-electron chi connectivity index (χ0n) is 20.8. The smallest absolute Gasteiger partial charge is 0.338 e. The summed E-state index contributed by atoms with van der Waals surface area (Å²) in [7, 11) is 1.55. The van der Waals surface area contributed by atoms with Gasteiger partial charge in [-0.1, -0.05) is 47.1 Å². The number of nitrogens with zero attached hydrogens (tertiary/aromatic N) is 2. The molecule has 37 heavy (non-hydrogen) atoms. The van der Waals surface area contributed by atoms with E-state index in [0.29, 0.717) is 37.7 Å². The fourth-order valence-electron chi connectivity index (χ4n) is 4.11. The maximum absolute atomic E-state index is 13.9. The summed E-state index contributed by atoms with van der Waals surface area (Å²) >= 11 is 3.42. The highest BCUT2D eigenvalue weighted by Crippen LogP contribution is 2.34. The third kappa shape index (κ3) is 5.36. The molecule has 0 saturated carbocycles. The number of carbonyl (C=O) groups excluding carboxylic acids is 1. The number of fused-ring (bicyclic) bond motifs is 1. The van der Waals surface area contributed by atoms with Gasteiger partial charge < -0.3 is 14.2 Å². The number of terminal acetylenes is 1. The minimum Gasteiger partial charge on any atom is -0.493 e. The maximum Gasteiger partial charge on any atom is 0.338 e. The third-order valence-electron chi connectivity index (χ3n) is 5.76. The fourth-order valence-corrected chi connectivity index (χ4v) is 5.77. The summed E-state index contributed by atoms with van der Waals surface area (Å²) in [6, 6.07) is 10.8. The van der Waals surface area contributed by atoms with Crippen LogP contribution in [0.4, 0.5) is 0 Å².